The van der Waals surface area contributed by atoms with Gasteiger partial charge in [-0.3, -0.25) is 4.55 Å². The van der Waals surface area contributed by atoms with Crippen molar-refractivity contribution in [3.8, 4) is 11.5 Å². The van der Waals surface area contributed by atoms with Gasteiger partial charge in [0.05, 0.1) is 6.61 Å². The van der Waals surface area contributed by atoms with E-state index < -0.39 is 10.4 Å². The van der Waals surface area contributed by atoms with Crippen molar-refractivity contribution in [1.82, 2.24) is 0 Å². The summed E-state index contributed by atoms with van der Waals surface area (Å²) in [4.78, 5) is 0. The number of para-hydroxylation sites is 1. The monoisotopic (exact) mass is 244 g/mol. The molecule has 0 radical (unpaired) electrons. The summed E-state index contributed by atoms with van der Waals surface area (Å²) in [6, 6.07) is 4.95. The minimum Gasteiger partial charge on any atom is -0.488 e. The van der Waals surface area contributed by atoms with Crippen molar-refractivity contribution in [3.05, 3.63) is 23.8 Å². The summed E-state index contributed by atoms with van der Waals surface area (Å²) in [6.07, 6.45) is 0. The molecule has 0 atom stereocenters. The van der Waals surface area contributed by atoms with E-state index in [9.17, 15) is 8.42 Å². The van der Waals surface area contributed by atoms with Crippen molar-refractivity contribution < 1.29 is 21.9 Å². The third-order valence-corrected chi connectivity index (χ3v) is 2.87. The second kappa shape index (κ2) is 3.36. The highest BCUT2D eigenvalue weighted by Gasteiger charge is 2.34. The molecule has 1 aliphatic rings. The van der Waals surface area contributed by atoms with Crippen LogP contribution in [0.4, 0.5) is 0 Å². The van der Waals surface area contributed by atoms with Crippen LogP contribution >= 0.6 is 0 Å². The molecule has 1 aromatic rings. The van der Waals surface area contributed by atoms with Crippen LogP contribution in [0.15, 0.2) is 18.2 Å². The molecule has 0 aromatic heterocycles. The quantitative estimate of drug-likeness (QED) is 0.799. The molecule has 6 heteroatoms. The maximum absolute atomic E-state index is 10.6. The fourth-order valence-corrected chi connectivity index (χ4v) is 2.07. The van der Waals surface area contributed by atoms with Gasteiger partial charge in [0.1, 0.15) is 0 Å². The molecule has 2 rings (SSSR count). The number of rotatable bonds is 2. The molecule has 0 bridgehead atoms. The van der Waals surface area contributed by atoms with Crippen LogP contribution in [0.1, 0.15) is 19.4 Å². The van der Waals surface area contributed by atoms with Crippen LogP contribution in [0.3, 0.4) is 0 Å². The Hall–Kier alpha value is -1.27. The average molecular weight is 244 g/mol. The summed E-state index contributed by atoms with van der Waals surface area (Å²) >= 11 is 0. The second-order valence-electron chi connectivity index (χ2n) is 4.32. The fraction of sp³-hybridized carbons (Fsp3) is 0.400. The van der Waals surface area contributed by atoms with E-state index in [1.54, 1.807) is 6.07 Å². The van der Waals surface area contributed by atoms with E-state index in [1.807, 2.05) is 19.9 Å². The molecule has 88 valence electrons. The third-order valence-electron chi connectivity index (χ3n) is 2.48. The van der Waals surface area contributed by atoms with E-state index >= 15 is 0 Å². The third kappa shape index (κ3) is 1.98. The molecule has 0 fully saturated rings. The molecule has 0 aliphatic carbocycles. The lowest BCUT2D eigenvalue weighted by atomic mass is 9.87. The molecule has 0 amide bonds. The lowest BCUT2D eigenvalue weighted by Gasteiger charge is -2.14. The van der Waals surface area contributed by atoms with E-state index in [0.717, 1.165) is 5.56 Å². The number of ether oxygens (including phenoxy) is 1. The zero-order valence-corrected chi connectivity index (χ0v) is 9.74. The van der Waals surface area contributed by atoms with Crippen LogP contribution in [0, 0.1) is 0 Å². The lowest BCUT2D eigenvalue weighted by molar-refractivity contribution is 0.283. The predicted octanol–water partition coefficient (Wildman–Crippen LogP) is 1.54. The van der Waals surface area contributed by atoms with Crippen molar-refractivity contribution in [2.24, 2.45) is 0 Å². The van der Waals surface area contributed by atoms with Crippen LogP contribution < -0.4 is 8.92 Å². The van der Waals surface area contributed by atoms with E-state index in [2.05, 4.69) is 4.18 Å². The number of benzene rings is 1. The molecule has 0 spiro atoms. The lowest BCUT2D eigenvalue weighted by Crippen LogP contribution is -2.18. The van der Waals surface area contributed by atoms with Gasteiger partial charge in [-0.1, -0.05) is 26.0 Å². The fourth-order valence-electron chi connectivity index (χ4n) is 1.71. The molecule has 0 unspecified atom stereocenters. The normalized spacial score (nSPS) is 17.7. The first-order chi connectivity index (χ1) is 7.30. The van der Waals surface area contributed by atoms with Gasteiger partial charge in [0, 0.05) is 11.0 Å². The Labute approximate surface area is 94.0 Å². The van der Waals surface area contributed by atoms with Gasteiger partial charge in [-0.25, -0.2) is 0 Å². The zero-order valence-electron chi connectivity index (χ0n) is 8.93. The maximum atomic E-state index is 10.6. The van der Waals surface area contributed by atoms with Gasteiger partial charge in [0.25, 0.3) is 0 Å². The van der Waals surface area contributed by atoms with Gasteiger partial charge in [0.15, 0.2) is 11.5 Å². The number of hydrogen-bond acceptors (Lipinski definition) is 4. The summed E-state index contributed by atoms with van der Waals surface area (Å²) in [6.45, 7) is 4.42. The Morgan fingerprint density at radius 2 is 2.12 bits per heavy atom. The van der Waals surface area contributed by atoms with Crippen molar-refractivity contribution in [2.45, 2.75) is 19.3 Å². The predicted molar refractivity (Wildman–Crippen MR) is 57.1 cm³/mol. The standard InChI is InChI=1S/C10H12O5S/c1-10(2)6-14-9-7(10)4-3-5-8(9)15-16(11,12)13/h3-5H,6H2,1-2H3,(H,11,12,13). The van der Waals surface area contributed by atoms with Gasteiger partial charge in [-0.15, -0.1) is 0 Å². The van der Waals surface area contributed by atoms with Gasteiger partial charge >= 0.3 is 10.4 Å². The molecule has 16 heavy (non-hydrogen) atoms. The van der Waals surface area contributed by atoms with Crippen LogP contribution in [-0.2, 0) is 15.8 Å². The summed E-state index contributed by atoms with van der Waals surface area (Å²) in [5.41, 5.74) is 0.683. The maximum Gasteiger partial charge on any atom is 0.446 e. The Balaban J connectivity index is 2.48. The smallest absolute Gasteiger partial charge is 0.446 e. The van der Waals surface area contributed by atoms with Gasteiger partial charge in [-0.2, -0.15) is 8.42 Å². The van der Waals surface area contributed by atoms with Crippen LogP contribution in [0.5, 0.6) is 11.5 Å². The first-order valence-corrected chi connectivity index (χ1v) is 6.09. The van der Waals surface area contributed by atoms with Crippen molar-refractivity contribution in [3.63, 3.8) is 0 Å². The summed E-state index contributed by atoms with van der Waals surface area (Å²) in [5, 5.41) is 0. The summed E-state index contributed by atoms with van der Waals surface area (Å²) in [7, 11) is -4.52. The summed E-state index contributed by atoms with van der Waals surface area (Å²) in [5.74, 6) is 0.399. The van der Waals surface area contributed by atoms with Crippen molar-refractivity contribution in [1.29, 1.82) is 0 Å². The minimum atomic E-state index is -4.52. The van der Waals surface area contributed by atoms with E-state index in [-0.39, 0.29) is 11.2 Å². The highest BCUT2D eigenvalue weighted by molar-refractivity contribution is 7.81. The zero-order chi connectivity index (χ0) is 12.0. The van der Waals surface area contributed by atoms with Crippen LogP contribution in [0.2, 0.25) is 0 Å². The first kappa shape index (κ1) is 11.2. The van der Waals surface area contributed by atoms with Crippen molar-refractivity contribution >= 4 is 10.4 Å². The Bertz CT molecular complexity index is 518. The molecule has 1 aromatic carbocycles. The topological polar surface area (TPSA) is 72.8 Å². The van der Waals surface area contributed by atoms with Gasteiger partial charge in [0.2, 0.25) is 0 Å². The van der Waals surface area contributed by atoms with E-state index in [1.165, 1.54) is 6.07 Å². The average Bonchev–Trinajstić information content (AvgIpc) is 2.41. The van der Waals surface area contributed by atoms with Gasteiger partial charge in [-0.05, 0) is 6.07 Å². The van der Waals surface area contributed by atoms with E-state index in [0.29, 0.717) is 12.4 Å². The Kier molecular flexibility index (Phi) is 2.36. The Morgan fingerprint density at radius 3 is 2.75 bits per heavy atom. The van der Waals surface area contributed by atoms with Crippen LogP contribution in [-0.4, -0.2) is 19.6 Å². The van der Waals surface area contributed by atoms with E-state index in [4.69, 9.17) is 9.29 Å². The SMILES string of the molecule is CC1(C)COc2c(OS(=O)(=O)O)cccc21. The molecule has 5 nitrogen and oxygen atoms in total. The second-order valence-corrected chi connectivity index (χ2v) is 5.34. The molecular formula is C10H12O5S. The highest BCUT2D eigenvalue weighted by atomic mass is 32.3. The molecule has 0 saturated carbocycles. The highest BCUT2D eigenvalue weighted by Crippen LogP contribution is 2.44. The van der Waals surface area contributed by atoms with Crippen LogP contribution in [0.25, 0.3) is 0 Å². The van der Waals surface area contributed by atoms with Crippen molar-refractivity contribution in [2.75, 3.05) is 6.61 Å². The molecular weight excluding hydrogens is 232 g/mol. The molecule has 1 aliphatic heterocycles. The Morgan fingerprint density at radius 1 is 1.44 bits per heavy atom. The summed E-state index contributed by atoms with van der Waals surface area (Å²) < 4.78 is 39.7. The number of hydrogen-bond donors (Lipinski definition) is 1. The minimum absolute atomic E-state index is 0.0191. The van der Waals surface area contributed by atoms with Gasteiger partial charge < -0.3 is 8.92 Å². The number of fused-ring (bicyclic) bond motifs is 1. The first-order valence-electron chi connectivity index (χ1n) is 4.73. The largest absolute Gasteiger partial charge is 0.488 e. The molecule has 0 saturated heterocycles. The molecule has 1 heterocycles. The molecule has 1 N–H and O–H groups in total.